The zero-order valence-electron chi connectivity index (χ0n) is 35.1. The standard InChI is InChI=1S/C56H48N4/c1-36-32-38(3)51(39(4)33-36)53(52-40(5)34-37(2)35-41(52)6)44-28-30-46(31-29-44)60(50-27-17-23-43-20-13-14-25-48(43)50)56-58-54(45-21-11-8-12-22-45)57-55(59-56)49-26-16-15-24-47(49)42-18-9-7-10-19-42/h7-35,53H,1-6H3. The smallest absolute Gasteiger partial charge is 0.238 e. The molecule has 0 radical (unpaired) electrons. The van der Waals surface area contributed by atoms with Crippen molar-refractivity contribution in [2.75, 3.05) is 4.90 Å². The van der Waals surface area contributed by atoms with E-state index in [2.05, 4.69) is 198 Å². The number of hydrogen-bond donors (Lipinski definition) is 0. The first-order valence-corrected chi connectivity index (χ1v) is 20.7. The number of fused-ring (bicyclic) bond motifs is 1. The van der Waals surface area contributed by atoms with Crippen molar-refractivity contribution in [3.05, 3.63) is 226 Å². The average molecular weight is 777 g/mol. The second-order valence-corrected chi connectivity index (χ2v) is 16.0. The number of rotatable bonds is 9. The largest absolute Gasteiger partial charge is 0.278 e. The molecule has 0 N–H and O–H groups in total. The monoisotopic (exact) mass is 776 g/mol. The molecule has 4 heteroatoms. The highest BCUT2D eigenvalue weighted by atomic mass is 15.3. The molecule has 0 spiro atoms. The molecule has 9 rings (SSSR count). The van der Waals surface area contributed by atoms with Crippen LogP contribution in [0.25, 0.3) is 44.7 Å². The van der Waals surface area contributed by atoms with Gasteiger partial charge in [0.1, 0.15) is 0 Å². The number of nitrogens with zero attached hydrogens (tertiary/aromatic N) is 4. The van der Waals surface area contributed by atoms with Crippen molar-refractivity contribution in [2.24, 2.45) is 0 Å². The maximum atomic E-state index is 5.39. The first-order chi connectivity index (χ1) is 29.2. The first-order valence-electron chi connectivity index (χ1n) is 20.7. The van der Waals surface area contributed by atoms with E-state index < -0.39 is 0 Å². The predicted molar refractivity (Wildman–Crippen MR) is 251 cm³/mol. The van der Waals surface area contributed by atoms with Gasteiger partial charge in [-0.25, -0.2) is 4.98 Å². The second kappa shape index (κ2) is 16.2. The lowest BCUT2D eigenvalue weighted by atomic mass is 9.77. The third-order valence-electron chi connectivity index (χ3n) is 11.7. The molecule has 1 aromatic heterocycles. The van der Waals surface area contributed by atoms with E-state index in [0.717, 1.165) is 44.4 Å². The quantitative estimate of drug-likeness (QED) is 0.137. The van der Waals surface area contributed by atoms with Crippen molar-refractivity contribution in [1.29, 1.82) is 0 Å². The van der Waals surface area contributed by atoms with Crippen LogP contribution in [0.3, 0.4) is 0 Å². The average Bonchev–Trinajstić information content (AvgIpc) is 3.26. The van der Waals surface area contributed by atoms with Crippen LogP contribution < -0.4 is 4.90 Å². The van der Waals surface area contributed by atoms with Gasteiger partial charge in [-0.05, 0) is 115 Å². The van der Waals surface area contributed by atoms with Crippen LogP contribution in [0.15, 0.2) is 176 Å². The Morgan fingerprint density at radius 1 is 0.417 bits per heavy atom. The number of benzene rings is 8. The Morgan fingerprint density at radius 2 is 0.917 bits per heavy atom. The number of anilines is 3. The third kappa shape index (κ3) is 7.37. The molecule has 60 heavy (non-hydrogen) atoms. The van der Waals surface area contributed by atoms with Gasteiger partial charge in [0.2, 0.25) is 5.95 Å². The Morgan fingerprint density at radius 3 is 1.53 bits per heavy atom. The zero-order chi connectivity index (χ0) is 41.3. The number of hydrogen-bond acceptors (Lipinski definition) is 4. The molecule has 0 fully saturated rings. The molecule has 8 aromatic carbocycles. The summed E-state index contributed by atoms with van der Waals surface area (Å²) in [5.74, 6) is 1.80. The minimum atomic E-state index is 0.0502. The van der Waals surface area contributed by atoms with Crippen molar-refractivity contribution < 1.29 is 0 Å². The highest BCUT2D eigenvalue weighted by molar-refractivity contribution is 5.98. The van der Waals surface area contributed by atoms with Crippen molar-refractivity contribution in [3.8, 4) is 33.9 Å². The molecule has 0 amide bonds. The molecule has 0 aliphatic rings. The molecule has 0 aliphatic carbocycles. The van der Waals surface area contributed by atoms with E-state index in [1.54, 1.807) is 0 Å². The van der Waals surface area contributed by atoms with E-state index in [1.165, 1.54) is 50.1 Å². The highest BCUT2D eigenvalue weighted by Gasteiger charge is 2.27. The molecule has 0 unspecified atom stereocenters. The van der Waals surface area contributed by atoms with Gasteiger partial charge in [0.05, 0.1) is 5.69 Å². The van der Waals surface area contributed by atoms with E-state index in [1.807, 2.05) is 24.3 Å². The molecule has 0 atom stereocenters. The molecule has 0 saturated heterocycles. The van der Waals surface area contributed by atoms with E-state index in [9.17, 15) is 0 Å². The van der Waals surface area contributed by atoms with Crippen LogP contribution in [0, 0.1) is 41.5 Å². The molecule has 0 bridgehead atoms. The summed E-state index contributed by atoms with van der Waals surface area (Å²) >= 11 is 0. The van der Waals surface area contributed by atoms with E-state index >= 15 is 0 Å². The van der Waals surface area contributed by atoms with Gasteiger partial charge in [0.25, 0.3) is 0 Å². The molecular formula is C56H48N4. The molecule has 0 saturated carbocycles. The Hall–Kier alpha value is -7.17. The minimum Gasteiger partial charge on any atom is -0.278 e. The van der Waals surface area contributed by atoms with Gasteiger partial charge >= 0.3 is 0 Å². The van der Waals surface area contributed by atoms with Gasteiger partial charge in [0, 0.05) is 28.1 Å². The van der Waals surface area contributed by atoms with E-state index in [4.69, 9.17) is 15.0 Å². The van der Waals surface area contributed by atoms with Crippen molar-refractivity contribution >= 4 is 28.1 Å². The Kier molecular flexibility index (Phi) is 10.4. The Bertz CT molecular complexity index is 2880. The highest BCUT2D eigenvalue weighted by Crippen LogP contribution is 2.43. The lowest BCUT2D eigenvalue weighted by Gasteiger charge is -2.28. The summed E-state index contributed by atoms with van der Waals surface area (Å²) in [5, 5.41) is 2.24. The summed E-state index contributed by atoms with van der Waals surface area (Å²) in [4.78, 5) is 18.1. The van der Waals surface area contributed by atoms with E-state index in [0.29, 0.717) is 17.6 Å². The van der Waals surface area contributed by atoms with Gasteiger partial charge in [0.15, 0.2) is 11.6 Å². The predicted octanol–water partition coefficient (Wildman–Crippen LogP) is 14.5. The second-order valence-electron chi connectivity index (χ2n) is 16.0. The molecular weight excluding hydrogens is 729 g/mol. The van der Waals surface area contributed by atoms with Crippen LogP contribution >= 0.6 is 0 Å². The van der Waals surface area contributed by atoms with Crippen LogP contribution in [0.1, 0.15) is 56.0 Å². The SMILES string of the molecule is Cc1cc(C)c(C(c2ccc(N(c3nc(-c4ccccc4)nc(-c4ccccc4-c4ccccc4)n3)c3cccc4ccccc34)cc2)c2c(C)cc(C)cc2C)c(C)c1. The van der Waals surface area contributed by atoms with Gasteiger partial charge in [-0.1, -0.05) is 169 Å². The van der Waals surface area contributed by atoms with Gasteiger partial charge in [-0.3, -0.25) is 4.90 Å². The molecule has 1 heterocycles. The van der Waals surface area contributed by atoms with Crippen LogP contribution in [0.2, 0.25) is 0 Å². The van der Waals surface area contributed by atoms with Crippen LogP contribution in [-0.4, -0.2) is 15.0 Å². The van der Waals surface area contributed by atoms with Crippen LogP contribution in [-0.2, 0) is 0 Å². The van der Waals surface area contributed by atoms with Gasteiger partial charge in [-0.2, -0.15) is 9.97 Å². The Balaban J connectivity index is 1.28. The van der Waals surface area contributed by atoms with Crippen LogP contribution in [0.5, 0.6) is 0 Å². The summed E-state index contributed by atoms with van der Waals surface area (Å²) in [5.41, 5.74) is 17.7. The van der Waals surface area contributed by atoms with Crippen molar-refractivity contribution in [1.82, 2.24) is 15.0 Å². The molecule has 4 nitrogen and oxygen atoms in total. The summed E-state index contributed by atoms with van der Waals surface area (Å²) in [6.45, 7) is 13.4. The van der Waals surface area contributed by atoms with Crippen molar-refractivity contribution in [3.63, 3.8) is 0 Å². The van der Waals surface area contributed by atoms with Crippen LogP contribution in [0.4, 0.5) is 17.3 Å². The lowest BCUT2D eigenvalue weighted by Crippen LogP contribution is -2.16. The van der Waals surface area contributed by atoms with E-state index in [-0.39, 0.29) is 5.92 Å². The number of aryl methyl sites for hydroxylation is 6. The van der Waals surface area contributed by atoms with Gasteiger partial charge in [-0.15, -0.1) is 0 Å². The third-order valence-corrected chi connectivity index (χ3v) is 11.7. The van der Waals surface area contributed by atoms with Gasteiger partial charge < -0.3 is 0 Å². The fourth-order valence-electron chi connectivity index (χ4n) is 9.20. The number of aromatic nitrogens is 3. The minimum absolute atomic E-state index is 0.0502. The van der Waals surface area contributed by atoms with Crippen molar-refractivity contribution in [2.45, 2.75) is 47.5 Å². The summed E-state index contributed by atoms with van der Waals surface area (Å²) in [6.07, 6.45) is 0. The molecule has 9 aromatic rings. The summed E-state index contributed by atoms with van der Waals surface area (Å²) < 4.78 is 0. The molecule has 0 aliphatic heterocycles. The zero-order valence-corrected chi connectivity index (χ0v) is 35.1. The maximum absolute atomic E-state index is 5.39. The topological polar surface area (TPSA) is 41.9 Å². The summed E-state index contributed by atoms with van der Waals surface area (Å²) in [6, 6.07) is 62.4. The fraction of sp³-hybridized carbons (Fsp3) is 0.125. The maximum Gasteiger partial charge on any atom is 0.238 e. The lowest BCUT2D eigenvalue weighted by molar-refractivity contribution is 0.919. The normalized spacial score (nSPS) is 11.3. The Labute approximate surface area is 353 Å². The summed E-state index contributed by atoms with van der Waals surface area (Å²) in [7, 11) is 0. The fourth-order valence-corrected chi connectivity index (χ4v) is 9.20. The first kappa shape index (κ1) is 38.4. The molecule has 292 valence electrons.